The van der Waals surface area contributed by atoms with Gasteiger partial charge in [-0.15, -0.1) is 0 Å². The molecular formula is C15H22N2O3. The summed E-state index contributed by atoms with van der Waals surface area (Å²) in [5, 5.41) is 9.72. The predicted octanol–water partition coefficient (Wildman–Crippen LogP) is 1.95. The van der Waals surface area contributed by atoms with Crippen molar-refractivity contribution in [3.63, 3.8) is 0 Å². The van der Waals surface area contributed by atoms with E-state index in [0.717, 1.165) is 13.0 Å². The molecule has 5 heteroatoms. The highest BCUT2D eigenvalue weighted by Crippen LogP contribution is 2.23. The van der Waals surface area contributed by atoms with Gasteiger partial charge in [-0.3, -0.25) is 14.7 Å². The lowest BCUT2D eigenvalue weighted by Gasteiger charge is -2.22. The van der Waals surface area contributed by atoms with Crippen molar-refractivity contribution in [2.24, 2.45) is 5.92 Å². The quantitative estimate of drug-likeness (QED) is 0.856. The molecule has 0 aromatic carbocycles. The lowest BCUT2D eigenvalue weighted by molar-refractivity contribution is -0.159. The maximum Gasteiger partial charge on any atom is 0.310 e. The minimum atomic E-state index is -0.441. The maximum absolute atomic E-state index is 12.0. The van der Waals surface area contributed by atoms with Crippen LogP contribution in [-0.4, -0.2) is 39.7 Å². The number of likely N-dealkylation sites (tertiary alicyclic amines) is 1. The van der Waals surface area contributed by atoms with Crippen molar-refractivity contribution in [2.75, 3.05) is 13.1 Å². The topological polar surface area (TPSA) is 62.7 Å². The van der Waals surface area contributed by atoms with E-state index >= 15 is 0 Å². The van der Waals surface area contributed by atoms with Crippen LogP contribution in [0.15, 0.2) is 18.3 Å². The summed E-state index contributed by atoms with van der Waals surface area (Å²) in [5.41, 5.74) is 0.210. The molecule has 0 amide bonds. The first-order valence-corrected chi connectivity index (χ1v) is 6.93. The Hall–Kier alpha value is -1.62. The number of ether oxygens (including phenoxy) is 1. The van der Waals surface area contributed by atoms with Crippen LogP contribution in [0.25, 0.3) is 0 Å². The molecule has 0 saturated carbocycles. The summed E-state index contributed by atoms with van der Waals surface area (Å²) in [7, 11) is 0. The second-order valence-corrected chi connectivity index (χ2v) is 6.22. The number of hydrogen-bond acceptors (Lipinski definition) is 5. The summed E-state index contributed by atoms with van der Waals surface area (Å²) in [4.78, 5) is 18.3. The van der Waals surface area contributed by atoms with E-state index in [1.165, 1.54) is 0 Å². The number of aromatic hydroxyl groups is 1. The average molecular weight is 278 g/mol. The number of hydrogen-bond donors (Lipinski definition) is 1. The standard InChI is InChI=1S/C15H22N2O3/c1-15(2,3)20-14(19)11-6-8-17(9-11)10-12-13(18)5-4-7-16-12/h4-5,7,11,18H,6,8-10H2,1-3H3. The zero-order valence-electron chi connectivity index (χ0n) is 12.3. The zero-order valence-corrected chi connectivity index (χ0v) is 12.3. The summed E-state index contributed by atoms with van der Waals surface area (Å²) in [6, 6.07) is 3.33. The molecule has 2 rings (SSSR count). The fourth-order valence-electron chi connectivity index (χ4n) is 2.32. The van der Waals surface area contributed by atoms with Crippen LogP contribution in [0.2, 0.25) is 0 Å². The van der Waals surface area contributed by atoms with Gasteiger partial charge in [-0.2, -0.15) is 0 Å². The van der Waals surface area contributed by atoms with E-state index in [4.69, 9.17) is 4.74 Å². The molecule has 2 heterocycles. The average Bonchev–Trinajstić information content (AvgIpc) is 2.79. The monoisotopic (exact) mass is 278 g/mol. The molecule has 1 aliphatic heterocycles. The Labute approximate surface area is 119 Å². The number of nitrogens with zero attached hydrogens (tertiary/aromatic N) is 2. The number of aromatic nitrogens is 1. The van der Waals surface area contributed by atoms with Crippen molar-refractivity contribution in [3.05, 3.63) is 24.0 Å². The van der Waals surface area contributed by atoms with Crippen LogP contribution >= 0.6 is 0 Å². The predicted molar refractivity (Wildman–Crippen MR) is 75.1 cm³/mol. The van der Waals surface area contributed by atoms with Gasteiger partial charge >= 0.3 is 5.97 Å². The van der Waals surface area contributed by atoms with E-state index in [1.807, 2.05) is 20.8 Å². The molecule has 1 N–H and O–H groups in total. The third-order valence-corrected chi connectivity index (χ3v) is 3.25. The molecule has 5 nitrogen and oxygen atoms in total. The highest BCUT2D eigenvalue weighted by atomic mass is 16.6. The second kappa shape index (κ2) is 5.79. The molecule has 0 radical (unpaired) electrons. The van der Waals surface area contributed by atoms with E-state index in [1.54, 1.807) is 18.3 Å². The number of esters is 1. The van der Waals surface area contributed by atoms with Crippen LogP contribution in [0.4, 0.5) is 0 Å². The summed E-state index contributed by atoms with van der Waals surface area (Å²) in [6.45, 7) is 7.67. The van der Waals surface area contributed by atoms with Crippen LogP contribution in [0.3, 0.4) is 0 Å². The van der Waals surface area contributed by atoms with Gasteiger partial charge in [0, 0.05) is 19.3 Å². The minimum absolute atomic E-state index is 0.0833. The van der Waals surface area contributed by atoms with Gasteiger partial charge < -0.3 is 9.84 Å². The Bertz CT molecular complexity index is 482. The molecule has 1 aliphatic rings. The van der Waals surface area contributed by atoms with Gasteiger partial charge in [0.05, 0.1) is 11.6 Å². The number of rotatable bonds is 3. The van der Waals surface area contributed by atoms with Gasteiger partial charge in [-0.25, -0.2) is 0 Å². The summed E-state index contributed by atoms with van der Waals surface area (Å²) < 4.78 is 5.41. The lowest BCUT2D eigenvalue weighted by Crippen LogP contribution is -2.30. The molecular weight excluding hydrogens is 256 g/mol. The summed E-state index contributed by atoms with van der Waals surface area (Å²) in [5.74, 6) is -0.0152. The van der Waals surface area contributed by atoms with Crippen LogP contribution in [0.5, 0.6) is 5.75 Å². The van der Waals surface area contributed by atoms with Crippen molar-refractivity contribution in [1.82, 2.24) is 9.88 Å². The van der Waals surface area contributed by atoms with Crippen LogP contribution in [0.1, 0.15) is 32.9 Å². The third kappa shape index (κ3) is 3.93. The normalized spacial score (nSPS) is 20.1. The van der Waals surface area contributed by atoms with Gasteiger partial charge in [0.25, 0.3) is 0 Å². The second-order valence-electron chi connectivity index (χ2n) is 6.22. The van der Waals surface area contributed by atoms with Crippen molar-refractivity contribution in [1.29, 1.82) is 0 Å². The van der Waals surface area contributed by atoms with E-state index in [0.29, 0.717) is 18.8 Å². The summed E-state index contributed by atoms with van der Waals surface area (Å²) >= 11 is 0. The van der Waals surface area contributed by atoms with E-state index in [2.05, 4.69) is 9.88 Å². The largest absolute Gasteiger partial charge is 0.506 e. The third-order valence-electron chi connectivity index (χ3n) is 3.25. The van der Waals surface area contributed by atoms with Crippen molar-refractivity contribution >= 4 is 5.97 Å². The SMILES string of the molecule is CC(C)(C)OC(=O)C1CCN(Cc2ncccc2O)C1. The van der Waals surface area contributed by atoms with Crippen LogP contribution in [0, 0.1) is 5.92 Å². The fraction of sp³-hybridized carbons (Fsp3) is 0.600. The molecule has 0 bridgehead atoms. The van der Waals surface area contributed by atoms with Gasteiger partial charge in [0.15, 0.2) is 0 Å². The van der Waals surface area contributed by atoms with Gasteiger partial charge in [0.2, 0.25) is 0 Å². The van der Waals surface area contributed by atoms with Gasteiger partial charge in [-0.05, 0) is 45.9 Å². The smallest absolute Gasteiger partial charge is 0.310 e. The van der Waals surface area contributed by atoms with E-state index < -0.39 is 5.60 Å². The Balaban J connectivity index is 1.90. The first-order chi connectivity index (χ1) is 9.35. The zero-order chi connectivity index (χ0) is 14.8. The summed E-state index contributed by atoms with van der Waals surface area (Å²) in [6.07, 6.45) is 2.46. The molecule has 1 aromatic heterocycles. The van der Waals surface area contributed by atoms with E-state index in [-0.39, 0.29) is 17.6 Å². The van der Waals surface area contributed by atoms with E-state index in [9.17, 15) is 9.90 Å². The molecule has 1 fully saturated rings. The Morgan fingerprint density at radius 2 is 2.30 bits per heavy atom. The fourth-order valence-corrected chi connectivity index (χ4v) is 2.32. The molecule has 1 aromatic rings. The number of pyridine rings is 1. The Kier molecular flexibility index (Phi) is 4.28. The first-order valence-electron chi connectivity index (χ1n) is 6.93. The van der Waals surface area contributed by atoms with Crippen LogP contribution in [-0.2, 0) is 16.1 Å². The molecule has 1 unspecified atom stereocenters. The Morgan fingerprint density at radius 3 is 2.95 bits per heavy atom. The molecule has 20 heavy (non-hydrogen) atoms. The molecule has 1 atom stereocenters. The molecule has 1 saturated heterocycles. The number of carbonyl (C=O) groups excluding carboxylic acids is 1. The van der Waals surface area contributed by atoms with Gasteiger partial charge in [0.1, 0.15) is 11.4 Å². The Morgan fingerprint density at radius 1 is 1.55 bits per heavy atom. The highest BCUT2D eigenvalue weighted by Gasteiger charge is 2.32. The maximum atomic E-state index is 12.0. The highest BCUT2D eigenvalue weighted by molar-refractivity contribution is 5.73. The van der Waals surface area contributed by atoms with Crippen LogP contribution < -0.4 is 0 Å². The molecule has 0 aliphatic carbocycles. The first kappa shape index (κ1) is 14.8. The lowest BCUT2D eigenvalue weighted by atomic mass is 10.1. The molecule has 110 valence electrons. The van der Waals surface area contributed by atoms with Crippen molar-refractivity contribution in [3.8, 4) is 5.75 Å². The van der Waals surface area contributed by atoms with Crippen molar-refractivity contribution < 1.29 is 14.6 Å². The van der Waals surface area contributed by atoms with Gasteiger partial charge in [-0.1, -0.05) is 0 Å². The minimum Gasteiger partial charge on any atom is -0.506 e. The number of carbonyl (C=O) groups is 1. The van der Waals surface area contributed by atoms with Crippen molar-refractivity contribution in [2.45, 2.75) is 39.3 Å². The molecule has 0 spiro atoms.